The topological polar surface area (TPSA) is 42.7 Å². The second-order valence-electron chi connectivity index (χ2n) is 6.32. The zero-order valence-electron chi connectivity index (χ0n) is 14.2. The van der Waals surface area contributed by atoms with E-state index in [4.69, 9.17) is 20.8 Å². The summed E-state index contributed by atoms with van der Waals surface area (Å²) in [5.74, 6) is 0.628. The summed E-state index contributed by atoms with van der Waals surface area (Å²) in [6.07, 6.45) is 2.36. The third kappa shape index (κ3) is 3.50. The number of ether oxygens (including phenoxy) is 1. The van der Waals surface area contributed by atoms with Crippen LogP contribution in [0.3, 0.4) is 0 Å². The number of rotatable bonds is 6. The monoisotopic (exact) mass is 347 g/mol. The van der Waals surface area contributed by atoms with Crippen molar-refractivity contribution in [1.82, 2.24) is 4.90 Å². The quantitative estimate of drug-likeness (QED) is 0.707. The van der Waals surface area contributed by atoms with Crippen LogP contribution >= 0.6 is 11.6 Å². The van der Waals surface area contributed by atoms with Gasteiger partial charge in [-0.2, -0.15) is 0 Å². The molecule has 1 atom stereocenters. The van der Waals surface area contributed by atoms with Crippen LogP contribution in [-0.2, 0) is 11.3 Å². The van der Waals surface area contributed by atoms with Crippen LogP contribution in [0.4, 0.5) is 0 Å². The first-order valence-electron chi connectivity index (χ1n) is 8.19. The van der Waals surface area contributed by atoms with E-state index in [0.717, 1.165) is 21.9 Å². The van der Waals surface area contributed by atoms with Gasteiger partial charge in [-0.15, -0.1) is 0 Å². The summed E-state index contributed by atoms with van der Waals surface area (Å²) in [4.78, 5) is 14.1. The minimum atomic E-state index is -0.434. The Morgan fingerprint density at radius 3 is 2.75 bits per heavy atom. The number of furan rings is 1. The highest BCUT2D eigenvalue weighted by atomic mass is 35.5. The molecule has 1 aromatic carbocycles. The zero-order valence-corrected chi connectivity index (χ0v) is 15.0. The maximum Gasteiger partial charge on any atom is 0.374 e. The lowest BCUT2D eigenvalue weighted by molar-refractivity contribution is 0.0558. The fraction of sp³-hybridized carbons (Fsp3) is 0.421. The number of carbonyl (C=O) groups is 1. The summed E-state index contributed by atoms with van der Waals surface area (Å²) in [5.41, 5.74) is 1.92. The van der Waals surface area contributed by atoms with Gasteiger partial charge in [0.25, 0.3) is 0 Å². The summed E-state index contributed by atoms with van der Waals surface area (Å²) < 4.78 is 10.5. The maximum absolute atomic E-state index is 11.7. The first kappa shape index (κ1) is 17.1. The molecule has 4 nitrogen and oxygen atoms in total. The van der Waals surface area contributed by atoms with E-state index in [1.54, 1.807) is 0 Å². The molecule has 0 spiro atoms. The number of nitrogens with zero attached hydrogens (tertiary/aromatic N) is 1. The Morgan fingerprint density at radius 1 is 1.42 bits per heavy atom. The predicted octanol–water partition coefficient (Wildman–Crippen LogP) is 4.75. The molecule has 0 amide bonds. The lowest BCUT2D eigenvalue weighted by Gasteiger charge is -2.29. The van der Waals surface area contributed by atoms with Crippen molar-refractivity contribution in [2.75, 3.05) is 7.11 Å². The summed E-state index contributed by atoms with van der Waals surface area (Å²) in [6, 6.07) is 10.6. The predicted molar refractivity (Wildman–Crippen MR) is 93.2 cm³/mol. The molecule has 1 unspecified atom stereocenters. The summed E-state index contributed by atoms with van der Waals surface area (Å²) in [6.45, 7) is 4.67. The van der Waals surface area contributed by atoms with Crippen molar-refractivity contribution in [1.29, 1.82) is 0 Å². The molecule has 0 aliphatic heterocycles. The van der Waals surface area contributed by atoms with Gasteiger partial charge >= 0.3 is 5.97 Å². The highest BCUT2D eigenvalue weighted by molar-refractivity contribution is 6.31. The average Bonchev–Trinajstić information content (AvgIpc) is 3.35. The molecular weight excluding hydrogens is 326 g/mol. The molecule has 24 heavy (non-hydrogen) atoms. The highest BCUT2D eigenvalue weighted by Crippen LogP contribution is 2.38. The molecule has 3 rings (SSSR count). The molecule has 0 N–H and O–H groups in total. The molecular formula is C19H22ClNO3. The number of aryl methyl sites for hydroxylation is 1. The number of carbonyl (C=O) groups excluding carboxylic acids is 1. The number of esters is 1. The lowest BCUT2D eigenvalue weighted by atomic mass is 10.1. The van der Waals surface area contributed by atoms with Crippen LogP contribution in [0.5, 0.6) is 0 Å². The largest absolute Gasteiger partial charge is 0.463 e. The molecule has 0 radical (unpaired) electrons. The number of methoxy groups -OCH3 is 1. The summed E-state index contributed by atoms with van der Waals surface area (Å²) >= 11 is 6.37. The fourth-order valence-corrected chi connectivity index (χ4v) is 3.38. The lowest BCUT2D eigenvalue weighted by Crippen LogP contribution is -2.28. The average molecular weight is 348 g/mol. The van der Waals surface area contributed by atoms with Crippen LogP contribution in [0.1, 0.15) is 53.2 Å². The van der Waals surface area contributed by atoms with Crippen LogP contribution in [0, 0.1) is 6.92 Å². The van der Waals surface area contributed by atoms with Crippen LogP contribution < -0.4 is 0 Å². The van der Waals surface area contributed by atoms with Crippen LogP contribution in [0.2, 0.25) is 5.02 Å². The van der Waals surface area contributed by atoms with Gasteiger partial charge in [0.2, 0.25) is 5.76 Å². The van der Waals surface area contributed by atoms with Crippen molar-refractivity contribution in [3.63, 3.8) is 0 Å². The van der Waals surface area contributed by atoms with Gasteiger partial charge in [-0.05, 0) is 44.4 Å². The minimum absolute atomic E-state index is 0.179. The van der Waals surface area contributed by atoms with Crippen LogP contribution in [0.15, 0.2) is 34.7 Å². The first-order chi connectivity index (χ1) is 11.5. The van der Waals surface area contributed by atoms with Gasteiger partial charge in [-0.25, -0.2) is 4.79 Å². The Bertz CT molecular complexity index is 736. The summed E-state index contributed by atoms with van der Waals surface area (Å²) in [7, 11) is 1.36. The molecule has 128 valence electrons. The molecule has 2 aromatic rings. The summed E-state index contributed by atoms with van der Waals surface area (Å²) in [5, 5.41) is 0.779. The minimum Gasteiger partial charge on any atom is -0.463 e. The van der Waals surface area contributed by atoms with Gasteiger partial charge in [0.1, 0.15) is 5.76 Å². The number of hydrogen-bond acceptors (Lipinski definition) is 4. The number of hydrogen-bond donors (Lipinski definition) is 0. The number of halogens is 1. The van der Waals surface area contributed by atoms with Gasteiger partial charge in [-0.3, -0.25) is 4.90 Å². The van der Waals surface area contributed by atoms with Crippen molar-refractivity contribution in [2.24, 2.45) is 0 Å². The van der Waals surface area contributed by atoms with Crippen LogP contribution in [0.25, 0.3) is 0 Å². The van der Waals surface area contributed by atoms with E-state index in [1.165, 1.54) is 20.0 Å². The zero-order chi connectivity index (χ0) is 17.3. The molecule has 0 bridgehead atoms. The van der Waals surface area contributed by atoms with Crippen molar-refractivity contribution >= 4 is 17.6 Å². The smallest absolute Gasteiger partial charge is 0.374 e. The second kappa shape index (κ2) is 6.99. The number of benzene rings is 1. The third-order valence-corrected chi connectivity index (χ3v) is 4.89. The molecule has 0 saturated heterocycles. The second-order valence-corrected chi connectivity index (χ2v) is 6.72. The van der Waals surface area contributed by atoms with Gasteiger partial charge in [-0.1, -0.05) is 29.8 Å². The SMILES string of the molecule is COC(=O)c1oc(CN(C2CC2)C(C)c2ccccc2Cl)cc1C. The van der Waals surface area contributed by atoms with E-state index in [-0.39, 0.29) is 11.8 Å². The Labute approximate surface area is 147 Å². The van der Waals surface area contributed by atoms with Crippen molar-refractivity contribution < 1.29 is 13.9 Å². The third-order valence-electron chi connectivity index (χ3n) is 4.55. The molecule has 1 aliphatic carbocycles. The van der Waals surface area contributed by atoms with Gasteiger partial charge in [0.15, 0.2) is 0 Å². The van der Waals surface area contributed by atoms with E-state index >= 15 is 0 Å². The van der Waals surface area contributed by atoms with E-state index in [0.29, 0.717) is 12.6 Å². The normalized spacial score (nSPS) is 15.5. The fourth-order valence-electron chi connectivity index (χ4n) is 3.08. The van der Waals surface area contributed by atoms with Gasteiger partial charge < -0.3 is 9.15 Å². The van der Waals surface area contributed by atoms with Gasteiger partial charge in [0.05, 0.1) is 13.7 Å². The molecule has 1 aromatic heterocycles. The van der Waals surface area contributed by atoms with E-state index < -0.39 is 5.97 Å². The van der Waals surface area contributed by atoms with E-state index in [9.17, 15) is 4.79 Å². The molecule has 5 heteroatoms. The molecule has 1 saturated carbocycles. The van der Waals surface area contributed by atoms with Gasteiger partial charge in [0, 0.05) is 22.7 Å². The van der Waals surface area contributed by atoms with Crippen molar-refractivity contribution in [3.8, 4) is 0 Å². The molecule has 1 aliphatic rings. The highest BCUT2D eigenvalue weighted by Gasteiger charge is 2.34. The Kier molecular flexibility index (Phi) is 4.97. The molecule has 1 fully saturated rings. The van der Waals surface area contributed by atoms with Crippen LogP contribution in [-0.4, -0.2) is 24.0 Å². The Morgan fingerprint density at radius 2 is 2.12 bits per heavy atom. The Balaban J connectivity index is 1.83. The standard InChI is InChI=1S/C19H22ClNO3/c1-12-10-15(24-18(12)19(22)23-3)11-21(14-8-9-14)13(2)16-6-4-5-7-17(16)20/h4-7,10,13-14H,8-9,11H2,1-3H3. The first-order valence-corrected chi connectivity index (χ1v) is 8.57. The van der Waals surface area contributed by atoms with E-state index in [2.05, 4.69) is 17.9 Å². The molecule has 1 heterocycles. The maximum atomic E-state index is 11.7. The van der Waals surface area contributed by atoms with Crippen molar-refractivity contribution in [2.45, 2.75) is 45.3 Å². The van der Waals surface area contributed by atoms with Crippen molar-refractivity contribution in [3.05, 3.63) is 58.0 Å². The van der Waals surface area contributed by atoms with E-state index in [1.807, 2.05) is 31.2 Å². The Hall–Kier alpha value is -1.78.